The minimum absolute atomic E-state index is 0.0607. The van der Waals surface area contributed by atoms with Crippen molar-refractivity contribution in [1.29, 1.82) is 0 Å². The number of piperazine rings is 2. The first-order chi connectivity index (χ1) is 39.4. The highest BCUT2D eigenvalue weighted by Crippen LogP contribution is 2.49. The van der Waals surface area contributed by atoms with E-state index in [1.165, 1.54) is 29.1 Å². The van der Waals surface area contributed by atoms with Gasteiger partial charge in [0.2, 0.25) is 11.8 Å². The monoisotopic (exact) mass is 1150 g/mol. The van der Waals surface area contributed by atoms with Crippen molar-refractivity contribution in [3.63, 3.8) is 0 Å². The molecule has 7 aromatic rings. The summed E-state index contributed by atoms with van der Waals surface area (Å²) in [5.74, 6) is 0.970. The predicted octanol–water partition coefficient (Wildman–Crippen LogP) is 10.1. The summed E-state index contributed by atoms with van der Waals surface area (Å²) in [5.41, 5.74) is 4.64. The van der Waals surface area contributed by atoms with Crippen molar-refractivity contribution in [1.82, 2.24) is 48.8 Å². The largest absolute Gasteiger partial charge is 0.355 e. The molecule has 0 spiro atoms. The number of pyridine rings is 2. The van der Waals surface area contributed by atoms with Gasteiger partial charge in [0.05, 0.1) is 49.8 Å². The van der Waals surface area contributed by atoms with Crippen LogP contribution in [0, 0.1) is 11.2 Å². The first-order valence-electron chi connectivity index (χ1n) is 28.5. The number of aromatic nitrogens is 8. The molecule has 0 radical (unpaired) electrons. The Balaban J connectivity index is 0.000000184. The summed E-state index contributed by atoms with van der Waals surface area (Å²) in [7, 11) is 0. The molecule has 1 saturated carbocycles. The Kier molecular flexibility index (Phi) is 16.4. The molecule has 2 atom stereocenters. The fourth-order valence-corrected chi connectivity index (χ4v) is 12.7. The number of nitrogens with zero attached hydrogens (tertiary/aromatic N) is 13. The standard InChI is InChI=1S/C33H43ClN6O2.C29H27ClFN7O2/c1-7-23-13-12-14-24(8-2)28(23)40-30-25(19-26(34)31(35-30)38-16-15-33(10-4,11-5)21-38)29(36-32(40)42)39-18-17-37(20-22(39)6)27(41)9-3;1-4-23(39)36-11-12-37(17(2)15-36)26-19-13-20(30)24(18-7-5-6-8-21(18)31)34-27(19)38(28(40)35-26)22-14-32-16-33-25(22)29(3)9-10-29/h9,12-14,19,22H,3,7-8,10-11,15-18,20-21H2,1-2,4-6H3;4-8,13-14,16-17H,1,9-12,15H2,2-3H3/t22-;17-/m00/s1. The number of carbonyl (C=O) groups excluding carboxylic acids is 2. The Morgan fingerprint density at radius 3 is 1.79 bits per heavy atom. The number of fused-ring (bicyclic) bond motifs is 2. The third-order valence-corrected chi connectivity index (χ3v) is 18.0. The van der Waals surface area contributed by atoms with E-state index in [1.807, 2.05) is 24.8 Å². The quantitative estimate of drug-likeness (QED) is 0.100. The van der Waals surface area contributed by atoms with Crippen LogP contribution in [-0.4, -0.2) is 125 Å². The molecule has 4 aliphatic rings. The molecule has 0 bridgehead atoms. The van der Waals surface area contributed by atoms with Gasteiger partial charge in [0.1, 0.15) is 29.6 Å². The first kappa shape index (κ1) is 57.7. The molecule has 2 amide bonds. The summed E-state index contributed by atoms with van der Waals surface area (Å²) in [5, 5.41) is 2.04. The highest BCUT2D eigenvalue weighted by molar-refractivity contribution is 6.34. The van der Waals surface area contributed by atoms with Crippen molar-refractivity contribution in [2.75, 3.05) is 67.1 Å². The van der Waals surface area contributed by atoms with Gasteiger partial charge in [-0.1, -0.05) is 101 Å². The van der Waals surface area contributed by atoms with Gasteiger partial charge in [0.15, 0.2) is 11.3 Å². The molecule has 5 aromatic heterocycles. The highest BCUT2D eigenvalue weighted by atomic mass is 35.5. The first-order valence-corrected chi connectivity index (χ1v) is 29.2. The zero-order valence-corrected chi connectivity index (χ0v) is 49.3. The number of hydrogen-bond donors (Lipinski definition) is 0. The SMILES string of the molecule is C=CC(=O)N1CCN(c2nc(=O)n(-c3c(CC)cccc3CC)c3nc(N4CCC(CC)(CC)C4)c(Cl)cc23)[C@@H](C)C1.C=CC(=O)N1CCN(c2nc(=O)n(-c3cncnc3C3(C)CC3)c3nc(-c4ccccc4F)c(Cl)cc23)[C@@H](C)C1. The van der Waals surface area contributed by atoms with E-state index in [1.54, 1.807) is 44.8 Å². The summed E-state index contributed by atoms with van der Waals surface area (Å²) in [6, 6.07) is 15.8. The third-order valence-electron chi connectivity index (χ3n) is 17.4. The van der Waals surface area contributed by atoms with E-state index in [4.69, 9.17) is 38.2 Å². The third kappa shape index (κ3) is 10.6. The Morgan fingerprint density at radius 2 is 1.27 bits per heavy atom. The Hall–Kier alpha value is -7.57. The average molecular weight is 1150 g/mol. The number of rotatable bonds is 13. The van der Waals surface area contributed by atoms with E-state index in [0.717, 1.165) is 91.7 Å². The number of benzene rings is 2. The maximum Gasteiger partial charge on any atom is 0.355 e. The molecule has 3 aliphatic heterocycles. The van der Waals surface area contributed by atoms with Crippen molar-refractivity contribution in [2.45, 2.75) is 111 Å². The second-order valence-corrected chi connectivity index (χ2v) is 23.1. The van der Waals surface area contributed by atoms with Crippen LogP contribution in [0.5, 0.6) is 0 Å². The Bertz CT molecular complexity index is 3760. The molecular weight excluding hydrogens is 1080 g/mol. The lowest BCUT2D eigenvalue weighted by Gasteiger charge is -2.40. The van der Waals surface area contributed by atoms with Crippen LogP contribution in [0.4, 0.5) is 21.8 Å². The molecule has 1 aliphatic carbocycles. The summed E-state index contributed by atoms with van der Waals surface area (Å²) in [4.78, 5) is 90.5. The second-order valence-electron chi connectivity index (χ2n) is 22.3. The normalized spacial score (nSPS) is 18.4. The molecule has 0 N–H and O–H groups in total. The number of carbonyl (C=O) groups is 2. The molecule has 0 unspecified atom stereocenters. The Morgan fingerprint density at radius 1 is 0.707 bits per heavy atom. The van der Waals surface area contributed by atoms with Crippen LogP contribution < -0.4 is 26.1 Å². The van der Waals surface area contributed by atoms with Crippen molar-refractivity contribution >= 4 is 74.5 Å². The van der Waals surface area contributed by atoms with E-state index < -0.39 is 11.5 Å². The maximum atomic E-state index is 14.9. The van der Waals surface area contributed by atoms with Gasteiger partial charge >= 0.3 is 11.4 Å². The lowest BCUT2D eigenvalue weighted by molar-refractivity contribution is -0.127. The molecule has 17 nitrogen and oxygen atoms in total. The van der Waals surface area contributed by atoms with E-state index in [-0.39, 0.29) is 62.3 Å². The highest BCUT2D eigenvalue weighted by Gasteiger charge is 2.43. The average Bonchev–Trinajstić information content (AvgIpc) is 3.03. The van der Waals surface area contributed by atoms with Crippen molar-refractivity contribution in [3.05, 3.63) is 146 Å². The van der Waals surface area contributed by atoms with Gasteiger partial charge in [-0.2, -0.15) is 9.97 Å². The van der Waals surface area contributed by atoms with Crippen LogP contribution in [0.15, 0.2) is 102 Å². The van der Waals surface area contributed by atoms with E-state index in [9.17, 15) is 23.6 Å². The number of para-hydroxylation sites is 1. The van der Waals surface area contributed by atoms with Crippen LogP contribution in [0.1, 0.15) is 97.4 Å². The fraction of sp³-hybridized carbons (Fsp3) is 0.419. The minimum atomic E-state index is -0.561. The summed E-state index contributed by atoms with van der Waals surface area (Å²) in [6.07, 6.45) is 12.4. The van der Waals surface area contributed by atoms with Crippen LogP contribution in [0.3, 0.4) is 0 Å². The van der Waals surface area contributed by atoms with Crippen LogP contribution in [0.2, 0.25) is 10.0 Å². The molecule has 4 fully saturated rings. The zero-order valence-electron chi connectivity index (χ0n) is 47.8. The van der Waals surface area contributed by atoms with Gasteiger partial charge in [-0.05, 0) is 112 Å². The lowest BCUT2D eigenvalue weighted by atomic mass is 9.82. The second kappa shape index (κ2) is 23.4. The maximum absolute atomic E-state index is 14.9. The van der Waals surface area contributed by atoms with E-state index in [0.29, 0.717) is 72.6 Å². The fourth-order valence-electron chi connectivity index (χ4n) is 12.1. The summed E-state index contributed by atoms with van der Waals surface area (Å²) in [6.45, 7) is 26.7. The van der Waals surface area contributed by atoms with E-state index in [2.05, 4.69) is 90.7 Å². The van der Waals surface area contributed by atoms with Crippen LogP contribution in [0.25, 0.3) is 44.7 Å². The van der Waals surface area contributed by atoms with E-state index >= 15 is 0 Å². The van der Waals surface area contributed by atoms with Crippen LogP contribution in [-0.2, 0) is 27.8 Å². The lowest BCUT2D eigenvalue weighted by Crippen LogP contribution is -2.54. The van der Waals surface area contributed by atoms with Crippen molar-refractivity contribution < 1.29 is 14.0 Å². The predicted molar refractivity (Wildman–Crippen MR) is 324 cm³/mol. The van der Waals surface area contributed by atoms with Gasteiger partial charge in [-0.3, -0.25) is 9.59 Å². The molecule has 82 heavy (non-hydrogen) atoms. The molecular formula is C62H70Cl2FN13O4. The van der Waals surface area contributed by atoms with Gasteiger partial charge < -0.3 is 24.5 Å². The molecule has 3 saturated heterocycles. The van der Waals surface area contributed by atoms with Crippen LogP contribution >= 0.6 is 23.2 Å². The van der Waals surface area contributed by atoms with Gasteiger partial charge in [0.25, 0.3) is 0 Å². The van der Waals surface area contributed by atoms with Crippen molar-refractivity contribution in [3.8, 4) is 22.6 Å². The minimum Gasteiger partial charge on any atom is -0.355 e. The van der Waals surface area contributed by atoms with Crippen molar-refractivity contribution in [2.24, 2.45) is 5.41 Å². The number of amides is 2. The van der Waals surface area contributed by atoms with Gasteiger partial charge in [0, 0.05) is 75.4 Å². The number of anilines is 3. The van der Waals surface area contributed by atoms with Gasteiger partial charge in [-0.25, -0.2) is 43.0 Å². The molecule has 11 rings (SSSR count). The summed E-state index contributed by atoms with van der Waals surface area (Å²) >= 11 is 13.8. The van der Waals surface area contributed by atoms with Gasteiger partial charge in [-0.15, -0.1) is 0 Å². The topological polar surface area (TPSA) is 172 Å². The summed E-state index contributed by atoms with van der Waals surface area (Å²) < 4.78 is 18.0. The molecule has 8 heterocycles. The molecule has 20 heteroatoms. The smallest absolute Gasteiger partial charge is 0.355 e. The number of aryl methyl sites for hydroxylation is 2. The molecule has 2 aromatic carbocycles. The molecule has 428 valence electrons. The Labute approximate surface area is 487 Å². The zero-order chi connectivity index (χ0) is 58.4. The number of hydrogen-bond acceptors (Lipinski definition) is 13. The number of halogens is 3.